The molecule has 0 aliphatic carbocycles. The molecule has 1 aromatic carbocycles. The zero-order valence-electron chi connectivity index (χ0n) is 12.5. The summed E-state index contributed by atoms with van der Waals surface area (Å²) in [5, 5.41) is 14.8. The molecule has 1 aromatic heterocycles. The minimum absolute atomic E-state index is 0.350. The maximum atomic E-state index is 11.1. The van der Waals surface area contributed by atoms with Gasteiger partial charge in [0.2, 0.25) is 10.0 Å². The number of H-pyrrole nitrogens is 1. The highest BCUT2D eigenvalue weighted by Gasteiger charge is 2.04. The summed E-state index contributed by atoms with van der Waals surface area (Å²) in [6.07, 6.45) is 4.34. The molecule has 0 aliphatic rings. The number of rotatable bonds is 5. The molecule has 2 aromatic rings. The van der Waals surface area contributed by atoms with E-state index in [2.05, 4.69) is 14.7 Å². The van der Waals surface area contributed by atoms with Gasteiger partial charge in [-0.25, -0.2) is 23.0 Å². The number of anilines is 1. The molecule has 24 heavy (non-hydrogen) atoms. The predicted molar refractivity (Wildman–Crippen MR) is 83.1 cm³/mol. The first-order chi connectivity index (χ1) is 11.2. The Labute approximate surface area is 137 Å². The van der Waals surface area contributed by atoms with Crippen LogP contribution >= 0.6 is 0 Å². The number of aromatic nitrogens is 2. The highest BCUT2D eigenvalue weighted by Crippen LogP contribution is 2.18. The maximum absolute atomic E-state index is 11.1. The fraction of sp³-hybridized carbons (Fsp3) is 0.154. The molecule has 0 spiro atoms. The summed E-state index contributed by atoms with van der Waals surface area (Å²) >= 11 is 0. The van der Waals surface area contributed by atoms with Crippen LogP contribution in [0.25, 0.3) is 0 Å². The second-order valence-corrected chi connectivity index (χ2v) is 6.13. The van der Waals surface area contributed by atoms with E-state index in [9.17, 15) is 8.42 Å². The van der Waals surface area contributed by atoms with E-state index in [-0.39, 0.29) is 0 Å². The van der Waals surface area contributed by atoms with Crippen LogP contribution in [0, 0.1) is 0 Å². The number of aliphatic carboxylic acids is 2. The number of carboxylic acid groups (broad SMARTS) is 2. The molecule has 0 aliphatic heterocycles. The number of aromatic amines is 1. The first-order valence-electron chi connectivity index (χ1n) is 6.31. The lowest BCUT2D eigenvalue weighted by Gasteiger charge is -2.07. The van der Waals surface area contributed by atoms with Crippen LogP contribution in [0.3, 0.4) is 0 Å². The van der Waals surface area contributed by atoms with Crippen LogP contribution in [-0.2, 0) is 26.2 Å². The fourth-order valence-corrected chi connectivity index (χ4v) is 1.94. The van der Waals surface area contributed by atoms with Crippen LogP contribution in [0.4, 0.5) is 5.69 Å². The molecule has 0 unspecified atom stereocenters. The first kappa shape index (κ1) is 19.0. The van der Waals surface area contributed by atoms with E-state index in [1.165, 1.54) is 0 Å². The van der Waals surface area contributed by atoms with Crippen molar-refractivity contribution in [3.8, 4) is 5.75 Å². The summed E-state index contributed by atoms with van der Waals surface area (Å²) in [5.41, 5.74) is 1.32. The molecule has 0 atom stereocenters. The van der Waals surface area contributed by atoms with Gasteiger partial charge >= 0.3 is 11.9 Å². The van der Waals surface area contributed by atoms with Crippen molar-refractivity contribution >= 4 is 27.6 Å². The van der Waals surface area contributed by atoms with Gasteiger partial charge < -0.3 is 19.9 Å². The van der Waals surface area contributed by atoms with E-state index in [0.29, 0.717) is 18.0 Å². The molecule has 0 fully saturated rings. The van der Waals surface area contributed by atoms with Gasteiger partial charge in [0.25, 0.3) is 0 Å². The zero-order chi connectivity index (χ0) is 18.2. The number of ether oxygens (including phenoxy) is 1. The van der Waals surface area contributed by atoms with Crippen molar-refractivity contribution in [3.05, 3.63) is 42.5 Å². The Morgan fingerprint density at radius 3 is 2.46 bits per heavy atom. The normalized spacial score (nSPS) is 10.2. The lowest BCUT2D eigenvalue weighted by molar-refractivity contribution is -0.159. The van der Waals surface area contributed by atoms with Crippen molar-refractivity contribution in [2.24, 2.45) is 0 Å². The largest absolute Gasteiger partial charge is 0.487 e. The quantitative estimate of drug-likeness (QED) is 0.563. The van der Waals surface area contributed by atoms with Crippen LogP contribution in [0.1, 0.15) is 5.69 Å². The minimum atomic E-state index is -3.27. The summed E-state index contributed by atoms with van der Waals surface area (Å²) in [5.74, 6) is -3.07. The smallest absolute Gasteiger partial charge is 0.414 e. The molecule has 11 heteroatoms. The molecular formula is C13H15N3O7S. The van der Waals surface area contributed by atoms with E-state index >= 15 is 0 Å². The Balaban J connectivity index is 0.000000413. The average molecular weight is 357 g/mol. The van der Waals surface area contributed by atoms with Crippen LogP contribution in [0.2, 0.25) is 0 Å². The van der Waals surface area contributed by atoms with Crippen LogP contribution in [-0.4, -0.2) is 46.8 Å². The lowest BCUT2D eigenvalue weighted by Crippen LogP contribution is -2.09. The number of sulfonamides is 1. The number of carbonyl (C=O) groups is 2. The third-order valence-electron chi connectivity index (χ3n) is 2.27. The number of benzene rings is 1. The van der Waals surface area contributed by atoms with Crippen molar-refractivity contribution in [2.45, 2.75) is 6.61 Å². The van der Waals surface area contributed by atoms with Gasteiger partial charge in [-0.1, -0.05) is 6.07 Å². The Morgan fingerprint density at radius 1 is 1.29 bits per heavy atom. The van der Waals surface area contributed by atoms with Gasteiger partial charge in [-0.2, -0.15) is 0 Å². The monoisotopic (exact) mass is 357 g/mol. The lowest BCUT2D eigenvalue weighted by atomic mass is 10.3. The second kappa shape index (κ2) is 8.53. The number of carboxylic acids is 2. The molecular weight excluding hydrogens is 342 g/mol. The van der Waals surface area contributed by atoms with Gasteiger partial charge in [-0.05, 0) is 12.1 Å². The van der Waals surface area contributed by atoms with Gasteiger partial charge in [0.15, 0.2) is 0 Å². The van der Waals surface area contributed by atoms with E-state index in [0.717, 1.165) is 11.9 Å². The number of nitrogens with one attached hydrogen (secondary N) is 2. The van der Waals surface area contributed by atoms with Gasteiger partial charge in [-0.3, -0.25) is 4.72 Å². The number of hydrogen-bond donors (Lipinski definition) is 4. The van der Waals surface area contributed by atoms with E-state index < -0.39 is 22.0 Å². The van der Waals surface area contributed by atoms with Crippen molar-refractivity contribution in [3.63, 3.8) is 0 Å². The van der Waals surface area contributed by atoms with E-state index in [4.69, 9.17) is 24.5 Å². The third kappa shape index (κ3) is 7.79. The summed E-state index contributed by atoms with van der Waals surface area (Å²) in [7, 11) is -3.27. The van der Waals surface area contributed by atoms with Gasteiger partial charge in [0.1, 0.15) is 12.4 Å². The zero-order valence-corrected chi connectivity index (χ0v) is 13.3. The molecule has 0 radical (unpaired) electrons. The molecule has 1 heterocycles. The van der Waals surface area contributed by atoms with Crippen molar-refractivity contribution in [2.75, 3.05) is 11.0 Å². The second-order valence-electron chi connectivity index (χ2n) is 4.38. The van der Waals surface area contributed by atoms with Crippen molar-refractivity contribution in [1.82, 2.24) is 9.97 Å². The molecule has 130 valence electrons. The summed E-state index contributed by atoms with van der Waals surface area (Å²) < 4.78 is 30.1. The molecule has 2 rings (SSSR count). The van der Waals surface area contributed by atoms with E-state index in [1.54, 1.807) is 36.8 Å². The fourth-order valence-electron chi connectivity index (χ4n) is 1.39. The predicted octanol–water partition coefficient (Wildman–Crippen LogP) is 0.516. The Kier molecular flexibility index (Phi) is 6.74. The van der Waals surface area contributed by atoms with Gasteiger partial charge in [0, 0.05) is 6.07 Å². The SMILES string of the molecule is CS(=O)(=O)Nc1cccc(OCc2cnc[nH]2)c1.O=C(O)C(=O)O. The molecule has 0 saturated carbocycles. The Morgan fingerprint density at radius 2 is 1.96 bits per heavy atom. The average Bonchev–Trinajstić information content (AvgIpc) is 2.97. The summed E-state index contributed by atoms with van der Waals surface area (Å²) in [4.78, 5) is 25.0. The highest BCUT2D eigenvalue weighted by atomic mass is 32.2. The summed E-state index contributed by atoms with van der Waals surface area (Å²) in [6.45, 7) is 0.350. The first-order valence-corrected chi connectivity index (χ1v) is 8.20. The highest BCUT2D eigenvalue weighted by molar-refractivity contribution is 7.92. The van der Waals surface area contributed by atoms with Gasteiger partial charge in [0.05, 0.1) is 30.2 Å². The topological polar surface area (TPSA) is 159 Å². The number of nitrogens with zero attached hydrogens (tertiary/aromatic N) is 1. The van der Waals surface area contributed by atoms with Crippen LogP contribution < -0.4 is 9.46 Å². The maximum Gasteiger partial charge on any atom is 0.414 e. The minimum Gasteiger partial charge on any atom is -0.487 e. The molecule has 0 amide bonds. The van der Waals surface area contributed by atoms with Gasteiger partial charge in [-0.15, -0.1) is 0 Å². The molecule has 4 N–H and O–H groups in total. The van der Waals surface area contributed by atoms with Crippen molar-refractivity contribution < 1.29 is 33.0 Å². The molecule has 0 bridgehead atoms. The Bertz CT molecular complexity index is 776. The number of imidazole rings is 1. The summed E-state index contributed by atoms with van der Waals surface area (Å²) in [6, 6.07) is 6.75. The molecule has 10 nitrogen and oxygen atoms in total. The van der Waals surface area contributed by atoms with E-state index in [1.807, 2.05) is 0 Å². The van der Waals surface area contributed by atoms with Crippen molar-refractivity contribution in [1.29, 1.82) is 0 Å². The Hall–Kier alpha value is -3.08. The molecule has 0 saturated heterocycles. The standard InChI is InChI=1S/C11H13N3O3S.C2H2O4/c1-18(15,16)14-9-3-2-4-11(5-9)17-7-10-6-12-8-13-10;3-1(4)2(5)6/h2-6,8,14H,7H2,1H3,(H,12,13);(H,3,4)(H,5,6). The number of hydrogen-bond acceptors (Lipinski definition) is 6. The third-order valence-corrected chi connectivity index (χ3v) is 2.88. The van der Waals surface area contributed by atoms with Crippen LogP contribution in [0.15, 0.2) is 36.8 Å². The van der Waals surface area contributed by atoms with Crippen LogP contribution in [0.5, 0.6) is 5.75 Å².